The summed E-state index contributed by atoms with van der Waals surface area (Å²) in [5.41, 5.74) is 10.6. The number of anilines is 3. The van der Waals surface area contributed by atoms with Crippen molar-refractivity contribution in [2.75, 3.05) is 4.90 Å². The summed E-state index contributed by atoms with van der Waals surface area (Å²) in [6.07, 6.45) is 0. The molecule has 0 radical (unpaired) electrons. The minimum atomic E-state index is 1.11. The SMILES string of the molecule is c1cc(-c2ccc3sc4ccccc4c3c2)cc(N(c2ccc(-c3ccc4sc5ccccc5c4c3)cc2)c2ccccc2-c2ccc3ccccc3c2)c1. The van der Waals surface area contributed by atoms with Crippen molar-refractivity contribution < 1.29 is 0 Å². The van der Waals surface area contributed by atoms with E-state index in [0.717, 1.165) is 17.1 Å². The highest BCUT2D eigenvalue weighted by atomic mass is 32.1. The first kappa shape index (κ1) is 32.0. The van der Waals surface area contributed by atoms with Gasteiger partial charge in [-0.3, -0.25) is 0 Å². The molecule has 0 spiro atoms. The molecule has 0 saturated heterocycles. The Morgan fingerprint density at radius 2 is 0.836 bits per heavy atom. The van der Waals surface area contributed by atoms with Crippen LogP contribution in [0.5, 0.6) is 0 Å². The van der Waals surface area contributed by atoms with Crippen LogP contribution in [0.25, 0.3) is 84.5 Å². The van der Waals surface area contributed by atoms with Crippen LogP contribution in [0, 0.1) is 0 Å². The summed E-state index contributed by atoms with van der Waals surface area (Å²) >= 11 is 3.72. The molecule has 0 bridgehead atoms. The van der Waals surface area contributed by atoms with Crippen LogP contribution in [0.3, 0.4) is 0 Å². The first-order chi connectivity index (χ1) is 27.2. The molecule has 1 nitrogen and oxygen atoms in total. The average molecular weight is 736 g/mol. The smallest absolute Gasteiger partial charge is 0.0540 e. The van der Waals surface area contributed by atoms with Crippen LogP contribution in [0.1, 0.15) is 0 Å². The van der Waals surface area contributed by atoms with E-state index in [9.17, 15) is 0 Å². The summed E-state index contributed by atoms with van der Waals surface area (Å²) in [7, 11) is 0. The lowest BCUT2D eigenvalue weighted by molar-refractivity contribution is 1.28. The summed E-state index contributed by atoms with van der Waals surface area (Å²) in [5.74, 6) is 0. The molecule has 258 valence electrons. The van der Waals surface area contributed by atoms with Gasteiger partial charge in [0.2, 0.25) is 0 Å². The fraction of sp³-hybridized carbons (Fsp3) is 0. The number of rotatable bonds is 6. The van der Waals surface area contributed by atoms with Gasteiger partial charge < -0.3 is 4.90 Å². The van der Waals surface area contributed by atoms with E-state index in [1.54, 1.807) is 0 Å². The number of nitrogens with zero attached hydrogens (tertiary/aromatic N) is 1. The van der Waals surface area contributed by atoms with Gasteiger partial charge in [0.25, 0.3) is 0 Å². The van der Waals surface area contributed by atoms with Gasteiger partial charge in [-0.1, -0.05) is 127 Å². The summed E-state index contributed by atoms with van der Waals surface area (Å²) in [6, 6.07) is 73.6. The standard InChI is InChI=1S/C52H33NS2/c1-2-11-36-30-40(21-20-34(36)10-1)43-14-3-6-17-48(43)53(41-26-22-35(23-27-41)38-24-28-51-46(32-38)44-15-4-7-18-49(44)54-51)42-13-9-12-37(31-42)39-25-29-52-47(33-39)45-16-5-8-19-50(45)55-52/h1-33H. The van der Waals surface area contributed by atoms with Gasteiger partial charge in [-0.05, 0) is 111 Å². The minimum absolute atomic E-state index is 1.11. The summed E-state index contributed by atoms with van der Waals surface area (Å²) in [5, 5.41) is 7.75. The molecule has 0 unspecified atom stereocenters. The molecule has 9 aromatic carbocycles. The minimum Gasteiger partial charge on any atom is -0.310 e. The van der Waals surface area contributed by atoms with Gasteiger partial charge in [0, 0.05) is 57.3 Å². The summed E-state index contributed by atoms with van der Waals surface area (Å²) < 4.78 is 5.30. The van der Waals surface area contributed by atoms with Crippen molar-refractivity contribution in [3.05, 3.63) is 200 Å². The molecule has 0 aliphatic rings. The number of hydrogen-bond acceptors (Lipinski definition) is 3. The maximum absolute atomic E-state index is 2.42. The number of fused-ring (bicyclic) bond motifs is 7. The van der Waals surface area contributed by atoms with E-state index in [2.05, 4.69) is 205 Å². The zero-order chi connectivity index (χ0) is 36.3. The van der Waals surface area contributed by atoms with Crippen LogP contribution in [-0.4, -0.2) is 0 Å². The molecule has 11 rings (SSSR count). The van der Waals surface area contributed by atoms with Gasteiger partial charge in [0.15, 0.2) is 0 Å². The molecule has 0 amide bonds. The Hall–Kier alpha value is -6.52. The predicted octanol–water partition coefficient (Wildman–Crippen LogP) is 16.0. The van der Waals surface area contributed by atoms with Crippen LogP contribution in [-0.2, 0) is 0 Å². The largest absolute Gasteiger partial charge is 0.310 e. The number of thiophene rings is 2. The molecule has 0 fully saturated rings. The van der Waals surface area contributed by atoms with E-state index in [0.29, 0.717) is 0 Å². The second kappa shape index (κ2) is 13.1. The molecule has 3 heteroatoms. The Balaban J connectivity index is 1.05. The third-order valence-corrected chi connectivity index (χ3v) is 13.2. The fourth-order valence-electron chi connectivity index (χ4n) is 8.14. The van der Waals surface area contributed by atoms with Crippen LogP contribution in [0.15, 0.2) is 200 Å². The van der Waals surface area contributed by atoms with Gasteiger partial charge in [-0.25, -0.2) is 0 Å². The normalized spacial score (nSPS) is 11.6. The van der Waals surface area contributed by atoms with Gasteiger partial charge in [-0.15, -0.1) is 22.7 Å². The highest BCUT2D eigenvalue weighted by molar-refractivity contribution is 7.26. The zero-order valence-electron chi connectivity index (χ0n) is 29.8. The van der Waals surface area contributed by atoms with Crippen LogP contribution < -0.4 is 4.90 Å². The zero-order valence-corrected chi connectivity index (χ0v) is 31.4. The van der Waals surface area contributed by atoms with Crippen LogP contribution in [0.2, 0.25) is 0 Å². The number of hydrogen-bond donors (Lipinski definition) is 0. The Labute approximate surface area is 327 Å². The third-order valence-electron chi connectivity index (χ3n) is 10.9. The monoisotopic (exact) mass is 735 g/mol. The summed E-state index contributed by atoms with van der Waals surface area (Å²) in [6.45, 7) is 0. The van der Waals surface area contributed by atoms with Crippen molar-refractivity contribution in [3.8, 4) is 33.4 Å². The van der Waals surface area contributed by atoms with Gasteiger partial charge in [0.1, 0.15) is 0 Å². The first-order valence-corrected chi connectivity index (χ1v) is 20.3. The lowest BCUT2D eigenvalue weighted by Crippen LogP contribution is -2.11. The lowest BCUT2D eigenvalue weighted by atomic mass is 9.97. The predicted molar refractivity (Wildman–Crippen MR) is 241 cm³/mol. The van der Waals surface area contributed by atoms with Crippen molar-refractivity contribution in [2.24, 2.45) is 0 Å². The summed E-state index contributed by atoms with van der Waals surface area (Å²) in [4.78, 5) is 2.42. The topological polar surface area (TPSA) is 3.24 Å². The van der Waals surface area contributed by atoms with E-state index in [1.807, 2.05) is 22.7 Å². The Bertz CT molecular complexity index is 3220. The molecule has 0 atom stereocenters. The number of benzene rings is 9. The van der Waals surface area contributed by atoms with E-state index in [-0.39, 0.29) is 0 Å². The van der Waals surface area contributed by atoms with Crippen molar-refractivity contribution in [3.63, 3.8) is 0 Å². The Morgan fingerprint density at radius 3 is 1.56 bits per heavy atom. The Kier molecular flexibility index (Phi) is 7.61. The lowest BCUT2D eigenvalue weighted by Gasteiger charge is -2.28. The maximum Gasteiger partial charge on any atom is 0.0540 e. The molecule has 0 N–H and O–H groups in total. The molecular weight excluding hydrogens is 703 g/mol. The molecule has 55 heavy (non-hydrogen) atoms. The van der Waals surface area contributed by atoms with Crippen molar-refractivity contribution >= 4 is 90.9 Å². The van der Waals surface area contributed by atoms with Crippen molar-refractivity contribution in [1.29, 1.82) is 0 Å². The molecule has 0 saturated carbocycles. The molecule has 11 aromatic rings. The third kappa shape index (κ3) is 5.60. The van der Waals surface area contributed by atoms with Gasteiger partial charge in [0.05, 0.1) is 5.69 Å². The molecule has 0 aliphatic heterocycles. The van der Waals surface area contributed by atoms with E-state index in [1.165, 1.54) is 84.5 Å². The highest BCUT2D eigenvalue weighted by Crippen LogP contribution is 2.44. The van der Waals surface area contributed by atoms with Gasteiger partial charge in [-0.2, -0.15) is 0 Å². The first-order valence-electron chi connectivity index (χ1n) is 18.7. The molecule has 2 aromatic heterocycles. The van der Waals surface area contributed by atoms with Crippen LogP contribution in [0.4, 0.5) is 17.1 Å². The quantitative estimate of drug-likeness (QED) is 0.164. The molecule has 0 aliphatic carbocycles. The molecular formula is C52H33NS2. The second-order valence-corrected chi connectivity index (χ2v) is 16.3. The maximum atomic E-state index is 2.42. The van der Waals surface area contributed by atoms with Crippen molar-refractivity contribution in [2.45, 2.75) is 0 Å². The Morgan fingerprint density at radius 1 is 0.291 bits per heavy atom. The van der Waals surface area contributed by atoms with Gasteiger partial charge >= 0.3 is 0 Å². The number of para-hydroxylation sites is 1. The van der Waals surface area contributed by atoms with Crippen LogP contribution >= 0.6 is 22.7 Å². The van der Waals surface area contributed by atoms with E-state index < -0.39 is 0 Å². The second-order valence-electron chi connectivity index (χ2n) is 14.1. The average Bonchev–Trinajstić information content (AvgIpc) is 3.82. The van der Waals surface area contributed by atoms with E-state index >= 15 is 0 Å². The highest BCUT2D eigenvalue weighted by Gasteiger charge is 2.19. The van der Waals surface area contributed by atoms with Crippen molar-refractivity contribution in [1.82, 2.24) is 0 Å². The molecule has 2 heterocycles. The fourth-order valence-corrected chi connectivity index (χ4v) is 10.3. The van der Waals surface area contributed by atoms with E-state index in [4.69, 9.17) is 0 Å².